The van der Waals surface area contributed by atoms with E-state index in [2.05, 4.69) is 9.88 Å². The van der Waals surface area contributed by atoms with E-state index < -0.39 is 0 Å². The average Bonchev–Trinajstić information content (AvgIpc) is 2.75. The maximum atomic E-state index is 12.7. The highest BCUT2D eigenvalue weighted by atomic mass is 16.5. The Morgan fingerprint density at radius 3 is 2.54 bits per heavy atom. The lowest BCUT2D eigenvalue weighted by atomic mass is 9.98. The van der Waals surface area contributed by atoms with Crippen molar-refractivity contribution >= 4 is 11.8 Å². The minimum atomic E-state index is 0.0170. The largest absolute Gasteiger partial charge is 0.381 e. The molecule has 1 aromatic heterocycles. The van der Waals surface area contributed by atoms with Gasteiger partial charge >= 0.3 is 0 Å². The number of ether oxygens (including phenoxy) is 1. The fourth-order valence-corrected chi connectivity index (χ4v) is 4.27. The van der Waals surface area contributed by atoms with Crippen molar-refractivity contribution in [2.75, 3.05) is 46.4 Å². The Bertz CT molecular complexity index is 648. The first-order chi connectivity index (χ1) is 13.6. The monoisotopic (exact) mass is 388 g/mol. The summed E-state index contributed by atoms with van der Waals surface area (Å²) in [5.41, 5.74) is 0.663. The van der Waals surface area contributed by atoms with Crippen LogP contribution in [0.4, 0.5) is 0 Å². The number of likely N-dealkylation sites (tertiary alicyclic amines) is 1. The normalized spacial score (nSPS) is 21.0. The number of hydrogen-bond acceptors (Lipinski definition) is 5. The van der Waals surface area contributed by atoms with Crippen LogP contribution in [0.2, 0.25) is 0 Å². The number of nitrogens with zero attached hydrogens (tertiary/aromatic N) is 4. The van der Waals surface area contributed by atoms with Gasteiger partial charge in [0.05, 0.1) is 0 Å². The van der Waals surface area contributed by atoms with E-state index in [1.54, 1.807) is 36.4 Å². The third-order valence-electron chi connectivity index (χ3n) is 5.94. The van der Waals surface area contributed by atoms with Crippen LogP contribution in [-0.2, 0) is 9.53 Å². The lowest BCUT2D eigenvalue weighted by Gasteiger charge is -2.44. The van der Waals surface area contributed by atoms with Crippen LogP contribution >= 0.6 is 0 Å². The Balaban J connectivity index is 1.65. The number of amides is 2. The van der Waals surface area contributed by atoms with Gasteiger partial charge in [-0.15, -0.1) is 0 Å². The topological polar surface area (TPSA) is 66.0 Å². The molecular formula is C21H32N4O3. The molecule has 28 heavy (non-hydrogen) atoms. The molecule has 1 aromatic rings. The van der Waals surface area contributed by atoms with Crippen LogP contribution in [0.1, 0.15) is 43.0 Å². The average molecular weight is 389 g/mol. The molecule has 7 heteroatoms. The Morgan fingerprint density at radius 1 is 1.14 bits per heavy atom. The molecule has 2 aliphatic rings. The lowest BCUT2D eigenvalue weighted by Crippen LogP contribution is -2.55. The van der Waals surface area contributed by atoms with E-state index in [1.165, 1.54) is 0 Å². The van der Waals surface area contributed by atoms with Gasteiger partial charge in [0.25, 0.3) is 5.91 Å². The molecule has 0 aliphatic carbocycles. The van der Waals surface area contributed by atoms with Crippen LogP contribution in [-0.4, -0.2) is 90.0 Å². The van der Waals surface area contributed by atoms with Crippen molar-refractivity contribution in [2.24, 2.45) is 0 Å². The molecule has 2 fully saturated rings. The summed E-state index contributed by atoms with van der Waals surface area (Å²) >= 11 is 0. The van der Waals surface area contributed by atoms with E-state index in [9.17, 15) is 9.59 Å². The Labute approximate surface area is 167 Å². The quantitative estimate of drug-likeness (QED) is 0.741. The molecule has 0 spiro atoms. The standard InChI is InChI=1S/C21H32N4O3/c1-17(26)24-11-3-4-20(16-24)25(19-7-14-28-15-8-19)13-12-23(2)21(27)18-5-9-22-10-6-18/h5-6,9-10,19-20H,3-4,7-8,11-16H2,1-2H3. The highest BCUT2D eigenvalue weighted by Gasteiger charge is 2.32. The van der Waals surface area contributed by atoms with Gasteiger partial charge in [-0.2, -0.15) is 0 Å². The third-order valence-corrected chi connectivity index (χ3v) is 5.94. The maximum Gasteiger partial charge on any atom is 0.253 e. The molecule has 2 saturated heterocycles. The van der Waals surface area contributed by atoms with Gasteiger partial charge in [-0.05, 0) is 37.8 Å². The zero-order valence-corrected chi connectivity index (χ0v) is 17.0. The predicted molar refractivity (Wildman–Crippen MR) is 107 cm³/mol. The van der Waals surface area contributed by atoms with E-state index in [1.807, 2.05) is 11.9 Å². The molecule has 154 valence electrons. The smallest absolute Gasteiger partial charge is 0.253 e. The number of carbonyl (C=O) groups excluding carboxylic acids is 2. The number of pyridine rings is 1. The number of carbonyl (C=O) groups is 2. The molecule has 1 unspecified atom stereocenters. The Kier molecular flexibility index (Phi) is 7.39. The van der Waals surface area contributed by atoms with Crippen molar-refractivity contribution in [3.05, 3.63) is 30.1 Å². The molecule has 1 atom stereocenters. The second-order valence-electron chi connectivity index (χ2n) is 7.81. The number of aromatic nitrogens is 1. The SMILES string of the molecule is CC(=O)N1CCCC(N(CCN(C)C(=O)c2ccncc2)C2CCOCC2)C1. The second-order valence-corrected chi connectivity index (χ2v) is 7.81. The minimum absolute atomic E-state index is 0.0170. The van der Waals surface area contributed by atoms with Crippen LogP contribution in [0, 0.1) is 0 Å². The maximum absolute atomic E-state index is 12.7. The molecule has 7 nitrogen and oxygen atoms in total. The van der Waals surface area contributed by atoms with Crippen molar-refractivity contribution in [1.82, 2.24) is 19.7 Å². The van der Waals surface area contributed by atoms with Crippen LogP contribution < -0.4 is 0 Å². The fraction of sp³-hybridized carbons (Fsp3) is 0.667. The van der Waals surface area contributed by atoms with E-state index in [0.29, 0.717) is 24.2 Å². The van der Waals surface area contributed by atoms with Crippen LogP contribution in [0.15, 0.2) is 24.5 Å². The van der Waals surface area contributed by atoms with E-state index >= 15 is 0 Å². The summed E-state index contributed by atoms with van der Waals surface area (Å²) in [6.07, 6.45) is 7.46. The highest BCUT2D eigenvalue weighted by Crippen LogP contribution is 2.23. The van der Waals surface area contributed by atoms with Crippen LogP contribution in [0.3, 0.4) is 0 Å². The highest BCUT2D eigenvalue weighted by molar-refractivity contribution is 5.93. The van der Waals surface area contributed by atoms with Crippen LogP contribution in [0.25, 0.3) is 0 Å². The first-order valence-corrected chi connectivity index (χ1v) is 10.3. The van der Waals surface area contributed by atoms with Crippen molar-refractivity contribution < 1.29 is 14.3 Å². The number of likely N-dealkylation sites (N-methyl/N-ethyl adjacent to an activating group) is 1. The van der Waals surface area contributed by atoms with Crippen molar-refractivity contribution in [1.29, 1.82) is 0 Å². The summed E-state index contributed by atoms with van der Waals surface area (Å²) < 4.78 is 5.56. The van der Waals surface area contributed by atoms with Gasteiger partial charge in [-0.25, -0.2) is 0 Å². The van der Waals surface area contributed by atoms with E-state index in [-0.39, 0.29) is 11.8 Å². The van der Waals surface area contributed by atoms with Gasteiger partial charge in [-0.3, -0.25) is 19.5 Å². The van der Waals surface area contributed by atoms with Crippen molar-refractivity contribution in [3.63, 3.8) is 0 Å². The van der Waals surface area contributed by atoms with Gasteiger partial charge in [-0.1, -0.05) is 0 Å². The molecule has 0 aromatic carbocycles. The number of piperidine rings is 1. The van der Waals surface area contributed by atoms with Crippen molar-refractivity contribution in [3.8, 4) is 0 Å². The molecule has 2 amide bonds. The summed E-state index contributed by atoms with van der Waals surface area (Å²) in [5.74, 6) is 0.171. The molecule has 0 radical (unpaired) electrons. The lowest BCUT2D eigenvalue weighted by molar-refractivity contribution is -0.131. The molecule has 0 bridgehead atoms. The fourth-order valence-electron chi connectivity index (χ4n) is 4.27. The molecular weight excluding hydrogens is 356 g/mol. The zero-order chi connectivity index (χ0) is 19.9. The summed E-state index contributed by atoms with van der Waals surface area (Å²) in [6.45, 7) is 6.35. The van der Waals surface area contributed by atoms with Gasteiger partial charge in [0.2, 0.25) is 5.91 Å². The van der Waals surface area contributed by atoms with Crippen LogP contribution in [0.5, 0.6) is 0 Å². The van der Waals surface area contributed by atoms with Gasteiger partial charge < -0.3 is 14.5 Å². The molecule has 3 rings (SSSR count). The second kappa shape index (κ2) is 9.98. The summed E-state index contributed by atoms with van der Waals surface area (Å²) in [4.78, 5) is 34.8. The molecule has 0 N–H and O–H groups in total. The Hall–Kier alpha value is -1.99. The number of rotatable bonds is 6. The van der Waals surface area contributed by atoms with Gasteiger partial charge in [0, 0.05) is 83.4 Å². The van der Waals surface area contributed by atoms with E-state index in [0.717, 1.165) is 58.5 Å². The van der Waals surface area contributed by atoms with Gasteiger partial charge in [0.15, 0.2) is 0 Å². The zero-order valence-electron chi connectivity index (χ0n) is 17.0. The summed E-state index contributed by atoms with van der Waals surface area (Å²) in [5, 5.41) is 0. The first-order valence-electron chi connectivity index (χ1n) is 10.3. The first kappa shape index (κ1) is 20.7. The van der Waals surface area contributed by atoms with Gasteiger partial charge in [0.1, 0.15) is 0 Å². The molecule has 3 heterocycles. The van der Waals surface area contributed by atoms with Crippen molar-refractivity contribution in [2.45, 2.75) is 44.7 Å². The predicted octanol–water partition coefficient (Wildman–Crippen LogP) is 1.65. The third kappa shape index (κ3) is 5.29. The summed E-state index contributed by atoms with van der Waals surface area (Å²) in [6, 6.07) is 4.31. The summed E-state index contributed by atoms with van der Waals surface area (Å²) in [7, 11) is 1.85. The Morgan fingerprint density at radius 2 is 1.86 bits per heavy atom. The van der Waals surface area contributed by atoms with E-state index in [4.69, 9.17) is 4.74 Å². The molecule has 2 aliphatic heterocycles. The number of hydrogen-bond donors (Lipinski definition) is 0. The minimum Gasteiger partial charge on any atom is -0.381 e. The molecule has 0 saturated carbocycles.